The van der Waals surface area contributed by atoms with Gasteiger partial charge in [0.1, 0.15) is 0 Å². The minimum Gasteiger partial charge on any atom is -0.370 e. The maximum Gasteiger partial charge on any atom is 0.0809 e. The number of likely N-dealkylation sites (N-methyl/N-ethyl adjacent to an activating group) is 1. The minimum atomic E-state index is 0.137. The Morgan fingerprint density at radius 2 is 1.79 bits per heavy atom. The summed E-state index contributed by atoms with van der Waals surface area (Å²) in [5, 5.41) is 3.27. The molecule has 1 fully saturated rings. The van der Waals surface area contributed by atoms with Gasteiger partial charge in [-0.25, -0.2) is 0 Å². The zero-order chi connectivity index (χ0) is 10.6. The average molecular weight is 199 g/mol. The molecular formula is C12H25NO. The minimum absolute atomic E-state index is 0.137. The van der Waals surface area contributed by atoms with Gasteiger partial charge >= 0.3 is 0 Å². The summed E-state index contributed by atoms with van der Waals surface area (Å²) in [6.07, 6.45) is 5.48. The van der Waals surface area contributed by atoms with Crippen molar-refractivity contribution in [1.29, 1.82) is 0 Å². The normalized spacial score (nSPS) is 22.9. The van der Waals surface area contributed by atoms with Crippen LogP contribution in [0.3, 0.4) is 0 Å². The van der Waals surface area contributed by atoms with Gasteiger partial charge in [0.25, 0.3) is 0 Å². The number of hydrogen-bond donors (Lipinski definition) is 1. The SMILES string of the molecule is CNCC1(OC(C)C(C)C)CCCC1. The van der Waals surface area contributed by atoms with Gasteiger partial charge in [-0.2, -0.15) is 0 Å². The molecule has 0 aromatic carbocycles. The van der Waals surface area contributed by atoms with Crippen molar-refractivity contribution in [3.05, 3.63) is 0 Å². The fraction of sp³-hybridized carbons (Fsp3) is 1.00. The molecule has 2 nitrogen and oxygen atoms in total. The predicted molar refractivity (Wildman–Crippen MR) is 60.5 cm³/mol. The van der Waals surface area contributed by atoms with E-state index in [0.29, 0.717) is 12.0 Å². The summed E-state index contributed by atoms with van der Waals surface area (Å²) in [6, 6.07) is 0. The Morgan fingerprint density at radius 3 is 2.21 bits per heavy atom. The first kappa shape index (κ1) is 12.0. The summed E-state index contributed by atoms with van der Waals surface area (Å²) < 4.78 is 6.24. The van der Waals surface area contributed by atoms with E-state index in [4.69, 9.17) is 4.74 Å². The van der Waals surface area contributed by atoms with Crippen LogP contribution in [0.2, 0.25) is 0 Å². The predicted octanol–water partition coefficient (Wildman–Crippen LogP) is 2.58. The van der Waals surface area contributed by atoms with Gasteiger partial charge in [0.2, 0.25) is 0 Å². The lowest BCUT2D eigenvalue weighted by molar-refractivity contribution is -0.0965. The molecule has 1 unspecified atom stereocenters. The maximum absolute atomic E-state index is 6.24. The van der Waals surface area contributed by atoms with E-state index in [1.54, 1.807) is 0 Å². The van der Waals surface area contributed by atoms with E-state index in [1.165, 1.54) is 25.7 Å². The molecule has 0 aromatic heterocycles. The van der Waals surface area contributed by atoms with Crippen molar-refractivity contribution in [1.82, 2.24) is 5.32 Å². The highest BCUT2D eigenvalue weighted by atomic mass is 16.5. The summed E-state index contributed by atoms with van der Waals surface area (Å²) in [7, 11) is 2.02. The van der Waals surface area contributed by atoms with Crippen LogP contribution in [0.4, 0.5) is 0 Å². The molecule has 84 valence electrons. The summed E-state index contributed by atoms with van der Waals surface area (Å²) in [4.78, 5) is 0. The lowest BCUT2D eigenvalue weighted by Crippen LogP contribution is -2.42. The molecular weight excluding hydrogens is 174 g/mol. The van der Waals surface area contributed by atoms with Gasteiger partial charge in [0.15, 0.2) is 0 Å². The number of ether oxygens (including phenoxy) is 1. The second-order valence-corrected chi connectivity index (χ2v) is 4.99. The lowest BCUT2D eigenvalue weighted by atomic mass is 10.0. The number of nitrogens with one attached hydrogen (secondary N) is 1. The van der Waals surface area contributed by atoms with Gasteiger partial charge in [-0.1, -0.05) is 26.7 Å². The van der Waals surface area contributed by atoms with Gasteiger partial charge in [-0.05, 0) is 32.7 Å². The van der Waals surface area contributed by atoms with Crippen LogP contribution in [0, 0.1) is 5.92 Å². The third kappa shape index (κ3) is 2.96. The number of rotatable bonds is 5. The molecule has 0 saturated heterocycles. The Morgan fingerprint density at radius 1 is 1.21 bits per heavy atom. The Kier molecular flexibility index (Phi) is 4.39. The van der Waals surface area contributed by atoms with Crippen LogP contribution in [0.25, 0.3) is 0 Å². The Balaban J connectivity index is 2.50. The van der Waals surface area contributed by atoms with E-state index < -0.39 is 0 Å². The Labute approximate surface area is 88.4 Å². The highest BCUT2D eigenvalue weighted by molar-refractivity contribution is 4.89. The summed E-state index contributed by atoms with van der Waals surface area (Å²) in [6.45, 7) is 7.66. The monoisotopic (exact) mass is 199 g/mol. The van der Waals surface area contributed by atoms with E-state index in [0.717, 1.165) is 6.54 Å². The largest absolute Gasteiger partial charge is 0.370 e. The first-order valence-electron chi connectivity index (χ1n) is 5.92. The van der Waals surface area contributed by atoms with Gasteiger partial charge in [0, 0.05) is 6.54 Å². The van der Waals surface area contributed by atoms with Gasteiger partial charge in [-0.3, -0.25) is 0 Å². The summed E-state index contributed by atoms with van der Waals surface area (Å²) in [5.74, 6) is 0.615. The molecule has 0 radical (unpaired) electrons. The van der Waals surface area contributed by atoms with Crippen LogP contribution in [0.1, 0.15) is 46.5 Å². The molecule has 0 heterocycles. The van der Waals surface area contributed by atoms with Crippen molar-refractivity contribution in [2.45, 2.75) is 58.2 Å². The quantitative estimate of drug-likeness (QED) is 0.735. The molecule has 1 saturated carbocycles. The third-order valence-corrected chi connectivity index (χ3v) is 3.39. The van der Waals surface area contributed by atoms with Gasteiger partial charge in [0.05, 0.1) is 11.7 Å². The smallest absolute Gasteiger partial charge is 0.0809 e. The fourth-order valence-corrected chi connectivity index (χ4v) is 2.21. The van der Waals surface area contributed by atoms with Crippen LogP contribution < -0.4 is 5.32 Å². The second kappa shape index (κ2) is 5.13. The highest BCUT2D eigenvalue weighted by Crippen LogP contribution is 2.34. The standard InChI is InChI=1S/C12H25NO/c1-10(2)11(3)14-12(9-13-4)7-5-6-8-12/h10-11,13H,5-9H2,1-4H3. The highest BCUT2D eigenvalue weighted by Gasteiger charge is 2.35. The summed E-state index contributed by atoms with van der Waals surface area (Å²) in [5.41, 5.74) is 0.137. The maximum atomic E-state index is 6.24. The van der Waals surface area contributed by atoms with Gasteiger partial charge < -0.3 is 10.1 Å². The number of hydrogen-bond acceptors (Lipinski definition) is 2. The van der Waals surface area contributed by atoms with Crippen molar-refractivity contribution in [3.63, 3.8) is 0 Å². The van der Waals surface area contributed by atoms with Crippen molar-refractivity contribution in [3.8, 4) is 0 Å². The zero-order valence-corrected chi connectivity index (χ0v) is 10.1. The molecule has 0 amide bonds. The van der Waals surface area contributed by atoms with Crippen molar-refractivity contribution < 1.29 is 4.74 Å². The second-order valence-electron chi connectivity index (χ2n) is 4.99. The summed E-state index contributed by atoms with van der Waals surface area (Å²) >= 11 is 0. The molecule has 1 N–H and O–H groups in total. The van der Waals surface area contributed by atoms with Crippen molar-refractivity contribution >= 4 is 0 Å². The van der Waals surface area contributed by atoms with Crippen molar-refractivity contribution in [2.24, 2.45) is 5.92 Å². The average Bonchev–Trinajstić information content (AvgIpc) is 2.54. The molecule has 1 aliphatic carbocycles. The Bertz CT molecular complexity index is 162. The van der Waals surface area contributed by atoms with E-state index in [-0.39, 0.29) is 5.60 Å². The first-order chi connectivity index (χ1) is 6.59. The molecule has 1 aliphatic rings. The van der Waals surface area contributed by atoms with Crippen LogP contribution in [-0.2, 0) is 4.74 Å². The molecule has 2 heteroatoms. The molecule has 0 aliphatic heterocycles. The van der Waals surface area contributed by atoms with Crippen molar-refractivity contribution in [2.75, 3.05) is 13.6 Å². The first-order valence-corrected chi connectivity index (χ1v) is 5.92. The van der Waals surface area contributed by atoms with Gasteiger partial charge in [-0.15, -0.1) is 0 Å². The van der Waals surface area contributed by atoms with E-state index in [9.17, 15) is 0 Å². The Hall–Kier alpha value is -0.0800. The molecule has 0 aromatic rings. The van der Waals surface area contributed by atoms with Crippen LogP contribution in [0.5, 0.6) is 0 Å². The van der Waals surface area contributed by atoms with Crippen LogP contribution >= 0.6 is 0 Å². The topological polar surface area (TPSA) is 21.3 Å². The van der Waals surface area contributed by atoms with E-state index in [1.807, 2.05) is 7.05 Å². The zero-order valence-electron chi connectivity index (χ0n) is 10.1. The molecule has 1 atom stereocenters. The fourth-order valence-electron chi connectivity index (χ4n) is 2.21. The van der Waals surface area contributed by atoms with Crippen LogP contribution in [-0.4, -0.2) is 25.3 Å². The van der Waals surface area contributed by atoms with E-state index >= 15 is 0 Å². The molecule has 0 spiro atoms. The third-order valence-electron chi connectivity index (χ3n) is 3.39. The van der Waals surface area contributed by atoms with Crippen LogP contribution in [0.15, 0.2) is 0 Å². The molecule has 14 heavy (non-hydrogen) atoms. The molecule has 1 rings (SSSR count). The molecule has 0 bridgehead atoms. The lowest BCUT2D eigenvalue weighted by Gasteiger charge is -2.34. The van der Waals surface area contributed by atoms with E-state index in [2.05, 4.69) is 26.1 Å².